The Hall–Kier alpha value is -0.870. The van der Waals surface area contributed by atoms with Crippen molar-refractivity contribution in [3.05, 3.63) is 17.7 Å². The van der Waals surface area contributed by atoms with Gasteiger partial charge in [-0.3, -0.25) is 0 Å². The molecule has 4 nitrogen and oxygen atoms in total. The second-order valence-corrected chi connectivity index (χ2v) is 5.58. The average molecular weight is 249 g/mol. The Morgan fingerprint density at radius 2 is 2.06 bits per heavy atom. The van der Waals surface area contributed by atoms with Gasteiger partial charge in [-0.25, -0.2) is 4.98 Å². The molecule has 1 saturated heterocycles. The van der Waals surface area contributed by atoms with E-state index in [1.807, 2.05) is 4.57 Å². The number of aromatic nitrogens is 2. The fourth-order valence-corrected chi connectivity index (χ4v) is 3.09. The van der Waals surface area contributed by atoms with Crippen LogP contribution in [-0.4, -0.2) is 39.2 Å². The van der Waals surface area contributed by atoms with E-state index in [0.29, 0.717) is 0 Å². The van der Waals surface area contributed by atoms with Gasteiger partial charge in [0.25, 0.3) is 0 Å². The first kappa shape index (κ1) is 12.2. The molecule has 3 heterocycles. The summed E-state index contributed by atoms with van der Waals surface area (Å²) in [6.45, 7) is 3.61. The summed E-state index contributed by atoms with van der Waals surface area (Å²) in [5.74, 6) is 1.07. The first-order valence-electron chi connectivity index (χ1n) is 7.30. The highest BCUT2D eigenvalue weighted by atomic mass is 16.3. The minimum absolute atomic E-state index is 0.343. The first-order valence-corrected chi connectivity index (χ1v) is 7.30. The molecule has 1 atom stereocenters. The van der Waals surface area contributed by atoms with Crippen molar-refractivity contribution in [1.29, 1.82) is 0 Å². The molecule has 0 aliphatic carbocycles. The Bertz CT molecular complexity index is 396. The molecule has 3 rings (SSSR count). The molecule has 18 heavy (non-hydrogen) atoms. The molecule has 1 unspecified atom stereocenters. The molecule has 2 aliphatic heterocycles. The predicted molar refractivity (Wildman–Crippen MR) is 70.4 cm³/mol. The van der Waals surface area contributed by atoms with E-state index in [2.05, 4.69) is 16.1 Å². The van der Waals surface area contributed by atoms with Crippen LogP contribution in [0.2, 0.25) is 0 Å². The number of aliphatic hydroxyl groups is 1. The lowest BCUT2D eigenvalue weighted by Gasteiger charge is -2.25. The van der Waals surface area contributed by atoms with E-state index < -0.39 is 0 Å². The van der Waals surface area contributed by atoms with Gasteiger partial charge in [0.05, 0.1) is 5.69 Å². The van der Waals surface area contributed by atoms with Crippen LogP contribution >= 0.6 is 0 Å². The summed E-state index contributed by atoms with van der Waals surface area (Å²) in [4.78, 5) is 7.20. The average Bonchev–Trinajstić information content (AvgIpc) is 2.82. The topological polar surface area (TPSA) is 41.3 Å². The predicted octanol–water partition coefficient (Wildman–Crippen LogP) is 1.74. The number of hydrogen-bond donors (Lipinski definition) is 1. The maximum atomic E-state index is 9.90. The number of hydrogen-bond acceptors (Lipinski definition) is 3. The summed E-state index contributed by atoms with van der Waals surface area (Å²) in [5, 5.41) is 9.90. The van der Waals surface area contributed by atoms with Crippen molar-refractivity contribution in [2.24, 2.45) is 0 Å². The number of likely N-dealkylation sites (tertiary alicyclic amines) is 1. The van der Waals surface area contributed by atoms with Crippen LogP contribution in [0.5, 0.6) is 0 Å². The molecule has 1 aromatic heterocycles. The number of rotatable bonds is 3. The van der Waals surface area contributed by atoms with Gasteiger partial charge in [0.2, 0.25) is 0 Å². The van der Waals surface area contributed by atoms with E-state index in [1.165, 1.54) is 32.4 Å². The van der Waals surface area contributed by atoms with Crippen LogP contribution in [0.1, 0.15) is 49.9 Å². The van der Waals surface area contributed by atoms with Crippen molar-refractivity contribution >= 4 is 0 Å². The van der Waals surface area contributed by atoms with Gasteiger partial charge in [0.1, 0.15) is 12.1 Å². The van der Waals surface area contributed by atoms with Crippen molar-refractivity contribution in [1.82, 2.24) is 14.5 Å². The Kier molecular flexibility index (Phi) is 3.66. The quantitative estimate of drug-likeness (QED) is 0.887. The molecule has 1 fully saturated rings. The van der Waals surface area contributed by atoms with Crippen LogP contribution in [0.4, 0.5) is 0 Å². The van der Waals surface area contributed by atoms with Crippen LogP contribution in [0.15, 0.2) is 6.20 Å². The molecule has 1 aromatic rings. The smallest absolute Gasteiger partial charge is 0.131 e. The number of nitrogens with zero attached hydrogens (tertiary/aromatic N) is 3. The van der Waals surface area contributed by atoms with Crippen LogP contribution < -0.4 is 0 Å². The van der Waals surface area contributed by atoms with Crippen molar-refractivity contribution < 1.29 is 5.11 Å². The van der Waals surface area contributed by atoms with Crippen molar-refractivity contribution in [2.75, 3.05) is 19.6 Å². The van der Waals surface area contributed by atoms with E-state index in [0.717, 1.165) is 43.7 Å². The summed E-state index contributed by atoms with van der Waals surface area (Å²) in [5.41, 5.74) is 1.15. The Morgan fingerprint density at radius 3 is 2.83 bits per heavy atom. The van der Waals surface area contributed by atoms with E-state index in [9.17, 15) is 5.11 Å². The first-order chi connectivity index (χ1) is 8.83. The third kappa shape index (κ3) is 2.59. The van der Waals surface area contributed by atoms with Crippen molar-refractivity contribution in [3.63, 3.8) is 0 Å². The zero-order chi connectivity index (χ0) is 12.4. The zero-order valence-electron chi connectivity index (χ0n) is 11.0. The Labute approximate surface area is 109 Å². The summed E-state index contributed by atoms with van der Waals surface area (Å²) in [6, 6.07) is 0. The highest BCUT2D eigenvalue weighted by molar-refractivity contribution is 5.07. The van der Waals surface area contributed by atoms with Crippen LogP contribution in [0.3, 0.4) is 0 Å². The number of fused-ring (bicyclic) bond motifs is 1. The molecule has 1 N–H and O–H groups in total. The van der Waals surface area contributed by atoms with Crippen LogP contribution in [-0.2, 0) is 12.8 Å². The molecule has 0 amide bonds. The summed E-state index contributed by atoms with van der Waals surface area (Å²) >= 11 is 0. The molecule has 2 aliphatic rings. The van der Waals surface area contributed by atoms with Gasteiger partial charge in [-0.05, 0) is 38.8 Å². The lowest BCUT2D eigenvalue weighted by molar-refractivity contribution is 0.0780. The van der Waals surface area contributed by atoms with Crippen molar-refractivity contribution in [2.45, 2.75) is 51.2 Å². The van der Waals surface area contributed by atoms with Crippen LogP contribution in [0.25, 0.3) is 0 Å². The standard InChI is InChI=1S/C14H23N3O/c18-14-6-4-5-13-15-12(11-17(13)14)7-10-16-8-2-1-3-9-16/h11,14,18H,1-10H2. The molecule has 0 saturated carbocycles. The second kappa shape index (κ2) is 5.41. The normalized spacial score (nSPS) is 25.1. The monoisotopic (exact) mass is 249 g/mol. The van der Waals surface area contributed by atoms with Gasteiger partial charge in [0, 0.05) is 25.6 Å². The van der Waals surface area contributed by atoms with Gasteiger partial charge < -0.3 is 14.6 Å². The summed E-state index contributed by atoms with van der Waals surface area (Å²) < 4.78 is 1.97. The third-order valence-electron chi connectivity index (χ3n) is 4.18. The second-order valence-electron chi connectivity index (χ2n) is 5.58. The number of aliphatic hydroxyl groups excluding tert-OH is 1. The van der Waals surface area contributed by atoms with Gasteiger partial charge in [-0.15, -0.1) is 0 Å². The Balaban J connectivity index is 1.59. The molecule has 0 spiro atoms. The zero-order valence-corrected chi connectivity index (χ0v) is 11.0. The molecule has 0 aromatic carbocycles. The lowest BCUT2D eigenvalue weighted by atomic mass is 10.1. The van der Waals surface area contributed by atoms with E-state index >= 15 is 0 Å². The van der Waals surface area contributed by atoms with Gasteiger partial charge in [0.15, 0.2) is 0 Å². The number of imidazole rings is 1. The lowest BCUT2D eigenvalue weighted by Crippen LogP contribution is -2.31. The minimum Gasteiger partial charge on any atom is -0.373 e. The molecule has 4 heteroatoms. The van der Waals surface area contributed by atoms with Gasteiger partial charge in [-0.1, -0.05) is 6.42 Å². The highest BCUT2D eigenvalue weighted by Gasteiger charge is 2.19. The SMILES string of the molecule is OC1CCCc2nc(CCN3CCCCC3)cn21. The fourth-order valence-electron chi connectivity index (χ4n) is 3.09. The van der Waals surface area contributed by atoms with E-state index in [-0.39, 0.29) is 6.23 Å². The third-order valence-corrected chi connectivity index (χ3v) is 4.18. The highest BCUT2D eigenvalue weighted by Crippen LogP contribution is 2.22. The number of piperidine rings is 1. The fraction of sp³-hybridized carbons (Fsp3) is 0.786. The van der Waals surface area contributed by atoms with Crippen LogP contribution in [0, 0.1) is 0 Å². The molecule has 0 radical (unpaired) electrons. The van der Waals surface area contributed by atoms with Gasteiger partial charge in [-0.2, -0.15) is 0 Å². The van der Waals surface area contributed by atoms with Crippen molar-refractivity contribution in [3.8, 4) is 0 Å². The molecular formula is C14H23N3O. The number of aryl methyl sites for hydroxylation is 1. The molecule has 100 valence electrons. The summed E-state index contributed by atoms with van der Waals surface area (Å²) in [6.07, 6.45) is 9.76. The van der Waals surface area contributed by atoms with E-state index in [1.54, 1.807) is 0 Å². The molecule has 0 bridgehead atoms. The summed E-state index contributed by atoms with van der Waals surface area (Å²) in [7, 11) is 0. The minimum atomic E-state index is -0.343. The maximum absolute atomic E-state index is 9.90. The van der Waals surface area contributed by atoms with Gasteiger partial charge >= 0.3 is 0 Å². The largest absolute Gasteiger partial charge is 0.373 e. The van der Waals surface area contributed by atoms with E-state index in [4.69, 9.17) is 0 Å². The molecular weight excluding hydrogens is 226 g/mol. The maximum Gasteiger partial charge on any atom is 0.131 e. The Morgan fingerprint density at radius 1 is 1.22 bits per heavy atom.